The number of carboxylic acids is 1. The molecule has 1 aromatic rings. The van der Waals surface area contributed by atoms with Gasteiger partial charge in [0.2, 0.25) is 5.91 Å². The minimum absolute atomic E-state index is 0.116. The zero-order valence-corrected chi connectivity index (χ0v) is 12.5. The van der Waals surface area contributed by atoms with Crippen LogP contribution in [0.3, 0.4) is 0 Å². The van der Waals surface area contributed by atoms with Crippen LogP contribution in [0.5, 0.6) is 0 Å². The molecule has 0 heterocycles. The van der Waals surface area contributed by atoms with Gasteiger partial charge in [0.25, 0.3) is 0 Å². The van der Waals surface area contributed by atoms with Crippen molar-refractivity contribution in [2.75, 3.05) is 23.3 Å². The van der Waals surface area contributed by atoms with Gasteiger partial charge in [0.1, 0.15) is 0 Å². The predicted molar refractivity (Wildman–Crippen MR) is 83.5 cm³/mol. The highest BCUT2D eigenvalue weighted by Crippen LogP contribution is 2.17. The Hall–Kier alpha value is -2.08. The van der Waals surface area contributed by atoms with Crippen LogP contribution < -0.4 is 16.0 Å². The third-order valence-electron chi connectivity index (χ3n) is 3.27. The molecule has 0 saturated heterocycles. The molecule has 0 radical (unpaired) electrons. The maximum absolute atomic E-state index is 11.8. The van der Waals surface area contributed by atoms with Crippen molar-refractivity contribution in [1.82, 2.24) is 0 Å². The molecule has 6 heteroatoms. The summed E-state index contributed by atoms with van der Waals surface area (Å²) in [7, 11) is 0. The molecule has 1 aromatic carbocycles. The quantitative estimate of drug-likeness (QED) is 0.677. The fourth-order valence-electron chi connectivity index (χ4n) is 1.99. The molecule has 4 N–H and O–H groups in total. The molecule has 116 valence electrons. The normalized spacial score (nSPS) is 11.8. The second-order valence-corrected chi connectivity index (χ2v) is 4.75. The van der Waals surface area contributed by atoms with E-state index in [-0.39, 0.29) is 18.7 Å². The van der Waals surface area contributed by atoms with Crippen LogP contribution in [0.4, 0.5) is 11.4 Å². The van der Waals surface area contributed by atoms with E-state index in [0.29, 0.717) is 5.69 Å². The van der Waals surface area contributed by atoms with Gasteiger partial charge >= 0.3 is 5.97 Å². The third-order valence-corrected chi connectivity index (χ3v) is 3.27. The van der Waals surface area contributed by atoms with E-state index >= 15 is 0 Å². The number of hydrogen-bond acceptors (Lipinski definition) is 4. The smallest absolute Gasteiger partial charge is 0.303 e. The van der Waals surface area contributed by atoms with E-state index in [9.17, 15) is 9.59 Å². The number of anilines is 2. The average molecular weight is 293 g/mol. The van der Waals surface area contributed by atoms with Gasteiger partial charge in [-0.25, -0.2) is 0 Å². The first-order valence-electron chi connectivity index (χ1n) is 7.11. The Morgan fingerprint density at radius 2 is 1.81 bits per heavy atom. The number of carbonyl (C=O) groups excluding carboxylic acids is 1. The molecule has 0 bridgehead atoms. The molecule has 1 atom stereocenters. The van der Waals surface area contributed by atoms with E-state index in [1.807, 2.05) is 24.3 Å². The molecule has 0 saturated carbocycles. The number of carbonyl (C=O) groups is 2. The first-order chi connectivity index (χ1) is 9.97. The molecule has 1 unspecified atom stereocenters. The molecule has 0 aliphatic carbocycles. The Balaban J connectivity index is 2.58. The molecule has 21 heavy (non-hydrogen) atoms. The number of carboxylic acid groups (broad SMARTS) is 1. The van der Waals surface area contributed by atoms with Crippen molar-refractivity contribution in [1.29, 1.82) is 0 Å². The van der Waals surface area contributed by atoms with Crippen molar-refractivity contribution in [3.8, 4) is 0 Å². The van der Waals surface area contributed by atoms with Crippen molar-refractivity contribution < 1.29 is 14.7 Å². The SMILES string of the molecule is CCN(CC)c1ccc(NC(=O)C(N)CCC(=O)O)cc1. The summed E-state index contributed by atoms with van der Waals surface area (Å²) >= 11 is 0. The molecule has 1 rings (SSSR count). The number of nitrogens with one attached hydrogen (secondary N) is 1. The van der Waals surface area contributed by atoms with Gasteiger partial charge in [-0.3, -0.25) is 9.59 Å². The highest BCUT2D eigenvalue weighted by atomic mass is 16.4. The van der Waals surface area contributed by atoms with Gasteiger partial charge < -0.3 is 21.1 Å². The molecule has 0 aliphatic rings. The van der Waals surface area contributed by atoms with Gasteiger partial charge in [0.05, 0.1) is 6.04 Å². The minimum atomic E-state index is -0.957. The molecular weight excluding hydrogens is 270 g/mol. The van der Waals surface area contributed by atoms with Crippen LogP contribution in [0.2, 0.25) is 0 Å². The Kier molecular flexibility index (Phi) is 6.68. The zero-order valence-electron chi connectivity index (χ0n) is 12.5. The first kappa shape index (κ1) is 17.0. The Morgan fingerprint density at radius 3 is 2.29 bits per heavy atom. The largest absolute Gasteiger partial charge is 0.481 e. The fourth-order valence-corrected chi connectivity index (χ4v) is 1.99. The van der Waals surface area contributed by atoms with Gasteiger partial charge in [0.15, 0.2) is 0 Å². The molecule has 0 spiro atoms. The first-order valence-corrected chi connectivity index (χ1v) is 7.11. The third kappa shape index (κ3) is 5.43. The highest BCUT2D eigenvalue weighted by molar-refractivity contribution is 5.95. The summed E-state index contributed by atoms with van der Waals surface area (Å²) in [6.07, 6.45) is 0.00812. The van der Waals surface area contributed by atoms with Crippen molar-refractivity contribution in [2.45, 2.75) is 32.7 Å². The monoisotopic (exact) mass is 293 g/mol. The van der Waals surface area contributed by atoms with E-state index in [0.717, 1.165) is 18.8 Å². The van der Waals surface area contributed by atoms with E-state index in [1.165, 1.54) is 0 Å². The van der Waals surface area contributed by atoms with Crippen LogP contribution in [-0.4, -0.2) is 36.1 Å². The standard InChI is InChI=1S/C15H23N3O3/c1-3-18(4-2)12-7-5-11(6-8-12)17-15(21)13(16)9-10-14(19)20/h5-8,13H,3-4,9-10,16H2,1-2H3,(H,17,21)(H,19,20). The average Bonchev–Trinajstić information content (AvgIpc) is 2.47. The summed E-state index contributed by atoms with van der Waals surface area (Å²) in [6.45, 7) is 6.01. The Morgan fingerprint density at radius 1 is 1.24 bits per heavy atom. The summed E-state index contributed by atoms with van der Waals surface area (Å²) in [6, 6.07) is 6.69. The van der Waals surface area contributed by atoms with Crippen molar-refractivity contribution in [2.24, 2.45) is 5.73 Å². The minimum Gasteiger partial charge on any atom is -0.481 e. The summed E-state index contributed by atoms with van der Waals surface area (Å²) in [4.78, 5) is 24.5. The van der Waals surface area contributed by atoms with Crippen LogP contribution in [0.25, 0.3) is 0 Å². The number of aliphatic carboxylic acids is 1. The number of nitrogens with two attached hydrogens (primary N) is 1. The Labute approximate surface area is 124 Å². The van der Waals surface area contributed by atoms with E-state index in [1.54, 1.807) is 0 Å². The Bertz CT molecular complexity index is 470. The molecule has 1 amide bonds. The maximum Gasteiger partial charge on any atom is 0.303 e. The number of benzene rings is 1. The van der Waals surface area contributed by atoms with Gasteiger partial charge in [-0.15, -0.1) is 0 Å². The van der Waals surface area contributed by atoms with E-state index in [4.69, 9.17) is 10.8 Å². The van der Waals surface area contributed by atoms with Crippen molar-refractivity contribution in [3.63, 3.8) is 0 Å². The topological polar surface area (TPSA) is 95.7 Å². The zero-order chi connectivity index (χ0) is 15.8. The van der Waals surface area contributed by atoms with Crippen LogP contribution in [0.15, 0.2) is 24.3 Å². The van der Waals surface area contributed by atoms with Crippen molar-refractivity contribution in [3.05, 3.63) is 24.3 Å². The van der Waals surface area contributed by atoms with Gasteiger partial charge in [-0.05, 0) is 44.5 Å². The van der Waals surface area contributed by atoms with Gasteiger partial charge in [-0.2, -0.15) is 0 Å². The summed E-state index contributed by atoms with van der Waals surface area (Å²) in [5.41, 5.74) is 7.40. The lowest BCUT2D eigenvalue weighted by atomic mass is 10.1. The summed E-state index contributed by atoms with van der Waals surface area (Å²) in [5, 5.41) is 11.3. The summed E-state index contributed by atoms with van der Waals surface area (Å²) < 4.78 is 0. The second kappa shape index (κ2) is 8.26. The highest BCUT2D eigenvalue weighted by Gasteiger charge is 2.15. The van der Waals surface area contributed by atoms with Crippen LogP contribution in [-0.2, 0) is 9.59 Å². The lowest BCUT2D eigenvalue weighted by Gasteiger charge is -2.21. The second-order valence-electron chi connectivity index (χ2n) is 4.75. The van der Waals surface area contributed by atoms with Crippen LogP contribution >= 0.6 is 0 Å². The fraction of sp³-hybridized carbons (Fsp3) is 0.467. The number of rotatable bonds is 8. The summed E-state index contributed by atoms with van der Waals surface area (Å²) in [5.74, 6) is -1.33. The predicted octanol–water partition coefficient (Wildman–Crippen LogP) is 1.66. The number of amides is 1. The number of hydrogen-bond donors (Lipinski definition) is 3. The van der Waals surface area contributed by atoms with Crippen LogP contribution in [0, 0.1) is 0 Å². The number of nitrogens with zero attached hydrogens (tertiary/aromatic N) is 1. The van der Waals surface area contributed by atoms with E-state index in [2.05, 4.69) is 24.1 Å². The van der Waals surface area contributed by atoms with Gasteiger partial charge in [0, 0.05) is 30.9 Å². The molecule has 0 aliphatic heterocycles. The van der Waals surface area contributed by atoms with Gasteiger partial charge in [-0.1, -0.05) is 0 Å². The molecule has 6 nitrogen and oxygen atoms in total. The lowest BCUT2D eigenvalue weighted by Crippen LogP contribution is -2.36. The van der Waals surface area contributed by atoms with Crippen LogP contribution in [0.1, 0.15) is 26.7 Å². The molecule has 0 aromatic heterocycles. The maximum atomic E-state index is 11.8. The van der Waals surface area contributed by atoms with Crippen molar-refractivity contribution >= 4 is 23.3 Å². The van der Waals surface area contributed by atoms with E-state index < -0.39 is 12.0 Å². The molecular formula is C15H23N3O3. The lowest BCUT2D eigenvalue weighted by molar-refractivity contribution is -0.137. The molecule has 0 fully saturated rings.